The van der Waals surface area contributed by atoms with E-state index in [1.807, 2.05) is 36.1 Å². The summed E-state index contributed by atoms with van der Waals surface area (Å²) in [7, 11) is 0. The van der Waals surface area contributed by atoms with Crippen LogP contribution in [0.15, 0.2) is 24.3 Å². The fourth-order valence-electron chi connectivity index (χ4n) is 3.31. The van der Waals surface area contributed by atoms with Crippen molar-refractivity contribution in [1.29, 1.82) is 0 Å². The van der Waals surface area contributed by atoms with Crippen molar-refractivity contribution in [3.8, 4) is 5.75 Å². The minimum atomic E-state index is -3.61. The normalized spacial score (nSPS) is 21.5. The average molecular weight is 407 g/mol. The lowest BCUT2D eigenvalue weighted by molar-refractivity contribution is -0.254. The van der Waals surface area contributed by atoms with Crippen molar-refractivity contribution in [3.63, 3.8) is 0 Å². The Morgan fingerprint density at radius 2 is 2.07 bits per heavy atom. The summed E-state index contributed by atoms with van der Waals surface area (Å²) in [6, 6.07) is 0. The van der Waals surface area contributed by atoms with Crippen molar-refractivity contribution in [2.75, 3.05) is 24.6 Å². The van der Waals surface area contributed by atoms with Gasteiger partial charge in [-0.05, 0) is 38.7 Å². The molecule has 3 heterocycles. The number of aldehydes is 1. The van der Waals surface area contributed by atoms with Gasteiger partial charge in [-0.25, -0.2) is 9.97 Å². The van der Waals surface area contributed by atoms with Gasteiger partial charge in [0.05, 0.1) is 12.3 Å². The molecular formula is C21H27F2N3O3. The number of hydrogen-bond acceptors (Lipinski definition) is 6. The second-order valence-electron chi connectivity index (χ2n) is 7.21. The van der Waals surface area contributed by atoms with Crippen LogP contribution in [0.3, 0.4) is 0 Å². The summed E-state index contributed by atoms with van der Waals surface area (Å²) in [5.41, 5.74) is 0.424. The number of nitrogens with zero attached hydrogens (tertiary/aromatic N) is 3. The fraction of sp³-hybridized carbons (Fsp3) is 0.571. The third kappa shape index (κ3) is 5.59. The average Bonchev–Trinajstić information content (AvgIpc) is 3.24. The molecule has 0 amide bonds. The van der Waals surface area contributed by atoms with Crippen molar-refractivity contribution in [1.82, 2.24) is 9.97 Å². The number of halogens is 2. The van der Waals surface area contributed by atoms with Crippen LogP contribution in [0.2, 0.25) is 0 Å². The minimum Gasteiger partial charge on any atom is -0.481 e. The molecule has 0 N–H and O–H groups in total. The van der Waals surface area contributed by atoms with Gasteiger partial charge >= 0.3 is 6.11 Å². The Balaban J connectivity index is 1.91. The predicted octanol–water partition coefficient (Wildman–Crippen LogP) is 3.95. The summed E-state index contributed by atoms with van der Waals surface area (Å²) >= 11 is 0. The molecule has 29 heavy (non-hydrogen) atoms. The molecule has 1 saturated heterocycles. The highest BCUT2D eigenvalue weighted by molar-refractivity contribution is 5.56. The zero-order valence-electron chi connectivity index (χ0n) is 16.7. The van der Waals surface area contributed by atoms with Gasteiger partial charge in [0.25, 0.3) is 0 Å². The summed E-state index contributed by atoms with van der Waals surface area (Å²) in [4.78, 5) is 20.7. The molecule has 8 heteroatoms. The highest BCUT2D eigenvalue weighted by Crippen LogP contribution is 2.37. The molecule has 1 aromatic heterocycles. The van der Waals surface area contributed by atoms with Crippen LogP contribution in [0.5, 0.6) is 5.75 Å². The number of alkyl halides is 2. The lowest BCUT2D eigenvalue weighted by Gasteiger charge is -2.25. The van der Waals surface area contributed by atoms with Crippen LogP contribution in [0.4, 0.5) is 14.6 Å². The van der Waals surface area contributed by atoms with Crippen molar-refractivity contribution in [2.24, 2.45) is 0 Å². The molecule has 0 bridgehead atoms. The van der Waals surface area contributed by atoms with E-state index in [9.17, 15) is 13.6 Å². The maximum atomic E-state index is 14.7. The van der Waals surface area contributed by atoms with Crippen molar-refractivity contribution >= 4 is 12.1 Å². The van der Waals surface area contributed by atoms with E-state index >= 15 is 0 Å². The molecule has 0 spiro atoms. The van der Waals surface area contributed by atoms with E-state index in [2.05, 4.69) is 9.97 Å². The Kier molecular flexibility index (Phi) is 7.30. The van der Waals surface area contributed by atoms with Crippen molar-refractivity contribution in [3.05, 3.63) is 35.8 Å². The van der Waals surface area contributed by atoms with E-state index in [1.165, 1.54) is 0 Å². The number of hydrogen-bond donors (Lipinski definition) is 0. The van der Waals surface area contributed by atoms with Gasteiger partial charge in [-0.2, -0.15) is 8.78 Å². The number of rotatable bonds is 8. The highest BCUT2D eigenvalue weighted by Gasteiger charge is 2.39. The maximum Gasteiger partial charge on any atom is 0.417 e. The summed E-state index contributed by atoms with van der Waals surface area (Å²) in [6.07, 6.45) is 7.93. The number of allylic oxidation sites excluding steroid dienone is 3. The van der Waals surface area contributed by atoms with Gasteiger partial charge in [0, 0.05) is 25.9 Å². The molecule has 0 radical (unpaired) electrons. The zero-order valence-corrected chi connectivity index (χ0v) is 16.7. The standard InChI is InChI=1S/C21H27F2N3O3/c1-16-10-4-2-5-11-17-18(29-16)19(26-12-6-7-13-26)25-20(24-17)21(22,23)28-15-9-3-8-14-27/h2,4-5,10,14,16H,3,6-9,11-13,15H2,1H3/b5-2-,10-4-. The lowest BCUT2D eigenvalue weighted by Crippen LogP contribution is -2.28. The summed E-state index contributed by atoms with van der Waals surface area (Å²) in [5.74, 6) is 0.216. The molecule has 3 rings (SSSR count). The molecule has 158 valence electrons. The van der Waals surface area contributed by atoms with E-state index in [1.54, 1.807) is 0 Å². The van der Waals surface area contributed by atoms with E-state index in [4.69, 9.17) is 9.47 Å². The number of anilines is 1. The molecule has 2 aliphatic rings. The van der Waals surface area contributed by atoms with Gasteiger partial charge in [0.1, 0.15) is 12.4 Å². The second-order valence-corrected chi connectivity index (χ2v) is 7.21. The monoisotopic (exact) mass is 407 g/mol. The van der Waals surface area contributed by atoms with E-state index in [-0.39, 0.29) is 12.7 Å². The van der Waals surface area contributed by atoms with Gasteiger partial charge in [-0.1, -0.05) is 18.2 Å². The van der Waals surface area contributed by atoms with E-state index < -0.39 is 11.9 Å². The Labute approximate surface area is 169 Å². The molecule has 0 saturated carbocycles. The SMILES string of the molecule is CC1/C=C\C=C/Cc2nc(C(F)(F)OCCCCC=O)nc(N3CCCC3)c2O1. The quantitative estimate of drug-likeness (QED) is 0.480. The number of unbranched alkanes of at least 4 members (excludes halogenated alkanes) is 2. The van der Waals surface area contributed by atoms with Crippen molar-refractivity contribution < 1.29 is 23.0 Å². The van der Waals surface area contributed by atoms with Crippen LogP contribution in [0.1, 0.15) is 50.5 Å². The highest BCUT2D eigenvalue weighted by atomic mass is 19.3. The first-order chi connectivity index (χ1) is 14.0. The molecular weight excluding hydrogens is 380 g/mol. The lowest BCUT2D eigenvalue weighted by atomic mass is 10.2. The third-order valence-electron chi connectivity index (χ3n) is 4.83. The Morgan fingerprint density at radius 1 is 1.28 bits per heavy atom. The molecule has 1 unspecified atom stereocenters. The molecule has 1 atom stereocenters. The molecule has 6 nitrogen and oxygen atoms in total. The molecule has 0 aliphatic carbocycles. The first-order valence-corrected chi connectivity index (χ1v) is 10.1. The van der Waals surface area contributed by atoms with Gasteiger partial charge < -0.3 is 19.2 Å². The Bertz CT molecular complexity index is 762. The zero-order chi connectivity index (χ0) is 20.7. The predicted molar refractivity (Wildman–Crippen MR) is 105 cm³/mol. The fourth-order valence-corrected chi connectivity index (χ4v) is 3.31. The number of fused-ring (bicyclic) bond motifs is 1. The second kappa shape index (κ2) is 9.91. The van der Waals surface area contributed by atoms with E-state index in [0.717, 1.165) is 32.2 Å². The van der Waals surface area contributed by atoms with Crippen molar-refractivity contribution in [2.45, 2.75) is 57.7 Å². The first kappa shape index (κ1) is 21.4. The van der Waals surface area contributed by atoms with Crippen LogP contribution in [0.25, 0.3) is 0 Å². The molecule has 0 aromatic carbocycles. The van der Waals surface area contributed by atoms with Gasteiger partial charge in [0.2, 0.25) is 5.82 Å². The van der Waals surface area contributed by atoms with Gasteiger partial charge in [-0.15, -0.1) is 0 Å². The molecule has 2 aliphatic heterocycles. The summed E-state index contributed by atoms with van der Waals surface area (Å²) < 4.78 is 40.3. The number of carbonyl (C=O) groups is 1. The van der Waals surface area contributed by atoms with E-state index in [0.29, 0.717) is 42.9 Å². The number of carbonyl (C=O) groups excluding carboxylic acids is 1. The smallest absolute Gasteiger partial charge is 0.417 e. The molecule has 1 aromatic rings. The van der Waals surface area contributed by atoms with Crippen LogP contribution >= 0.6 is 0 Å². The van der Waals surface area contributed by atoms with Crippen LogP contribution in [-0.4, -0.2) is 42.1 Å². The third-order valence-corrected chi connectivity index (χ3v) is 4.83. The van der Waals surface area contributed by atoms with Gasteiger partial charge in [0.15, 0.2) is 11.6 Å². The Morgan fingerprint density at radius 3 is 2.83 bits per heavy atom. The topological polar surface area (TPSA) is 64.5 Å². The van der Waals surface area contributed by atoms with Gasteiger partial charge in [-0.3, -0.25) is 0 Å². The largest absolute Gasteiger partial charge is 0.481 e. The minimum absolute atomic E-state index is 0.169. The number of ether oxygens (including phenoxy) is 2. The maximum absolute atomic E-state index is 14.7. The first-order valence-electron chi connectivity index (χ1n) is 10.1. The van der Waals surface area contributed by atoms with Crippen LogP contribution < -0.4 is 9.64 Å². The molecule has 1 fully saturated rings. The van der Waals surface area contributed by atoms with Crippen LogP contribution in [0, 0.1) is 0 Å². The summed E-state index contributed by atoms with van der Waals surface area (Å²) in [6.45, 7) is 3.20. The Hall–Kier alpha value is -2.35. The number of aromatic nitrogens is 2. The summed E-state index contributed by atoms with van der Waals surface area (Å²) in [5, 5.41) is 0. The van der Waals surface area contributed by atoms with Crippen LogP contribution in [-0.2, 0) is 22.1 Å².